The Kier molecular flexibility index (Phi) is 4.20. The highest BCUT2D eigenvalue weighted by atomic mass is 32.1. The summed E-state index contributed by atoms with van der Waals surface area (Å²) < 4.78 is 3.47. The molecule has 0 aliphatic carbocycles. The van der Waals surface area contributed by atoms with E-state index in [0.29, 0.717) is 11.5 Å². The minimum absolute atomic E-state index is 0.128. The molecule has 0 saturated heterocycles. The number of hydrogen-bond donors (Lipinski definition) is 0. The molecule has 0 atom stereocenters. The monoisotopic (exact) mass is 368 g/mol. The van der Waals surface area contributed by atoms with Crippen LogP contribution in [-0.4, -0.2) is 31.2 Å². The van der Waals surface area contributed by atoms with Gasteiger partial charge in [0.2, 0.25) is 10.1 Å². The summed E-state index contributed by atoms with van der Waals surface area (Å²) in [4.78, 5) is 24.2. The van der Waals surface area contributed by atoms with Gasteiger partial charge in [-0.3, -0.25) is 4.79 Å². The van der Waals surface area contributed by atoms with Crippen LogP contribution in [0.15, 0.2) is 35.1 Å². The lowest BCUT2D eigenvalue weighted by molar-refractivity contribution is 0.761. The number of aromatic nitrogens is 5. The molecule has 8 heteroatoms. The minimum Gasteiger partial charge on any atom is -0.342 e. The first-order valence-corrected chi connectivity index (χ1v) is 9.39. The number of aryl methyl sites for hydroxylation is 2. The Bertz CT molecular complexity index is 1140. The van der Waals surface area contributed by atoms with E-state index in [-0.39, 0.29) is 5.56 Å². The second kappa shape index (κ2) is 6.53. The third kappa shape index (κ3) is 2.86. The van der Waals surface area contributed by atoms with Crippen molar-refractivity contribution in [3.05, 3.63) is 52.2 Å². The van der Waals surface area contributed by atoms with Crippen LogP contribution >= 0.6 is 11.3 Å². The Morgan fingerprint density at radius 1 is 1.23 bits per heavy atom. The van der Waals surface area contributed by atoms with Crippen LogP contribution in [0.3, 0.4) is 0 Å². The molecule has 7 nitrogen and oxygen atoms in total. The van der Waals surface area contributed by atoms with Gasteiger partial charge >= 0.3 is 0 Å². The van der Waals surface area contributed by atoms with Crippen LogP contribution in [-0.2, 0) is 20.0 Å². The van der Waals surface area contributed by atoms with Gasteiger partial charge in [-0.05, 0) is 18.6 Å². The minimum atomic E-state index is -0.128. The molecule has 0 N–H and O–H groups in total. The molecule has 0 aliphatic heterocycles. The van der Waals surface area contributed by atoms with Gasteiger partial charge in [0.15, 0.2) is 0 Å². The summed E-state index contributed by atoms with van der Waals surface area (Å²) in [6.45, 7) is 2.67. The van der Waals surface area contributed by atoms with E-state index in [1.54, 1.807) is 6.07 Å². The van der Waals surface area contributed by atoms with Gasteiger partial charge in [0, 0.05) is 25.9 Å². The summed E-state index contributed by atoms with van der Waals surface area (Å²) >= 11 is 1.42. The SMILES string of the molecule is CCCc1cc(=O)n2nc(N(C)Cc3nc4ccccc4n3C)sc2n1. The van der Waals surface area contributed by atoms with Gasteiger partial charge in [-0.1, -0.05) is 36.8 Å². The van der Waals surface area contributed by atoms with Gasteiger partial charge in [-0.15, -0.1) is 5.10 Å². The van der Waals surface area contributed by atoms with Crippen LogP contribution in [0.1, 0.15) is 24.9 Å². The number of benzene rings is 1. The van der Waals surface area contributed by atoms with Crippen LogP contribution in [0.5, 0.6) is 0 Å². The molecule has 4 aromatic rings. The number of nitrogens with zero attached hydrogens (tertiary/aromatic N) is 6. The highest BCUT2D eigenvalue weighted by Gasteiger charge is 2.15. The number of anilines is 1. The van der Waals surface area contributed by atoms with E-state index in [4.69, 9.17) is 4.98 Å². The molecule has 0 fully saturated rings. The third-order valence-electron chi connectivity index (χ3n) is 4.38. The summed E-state index contributed by atoms with van der Waals surface area (Å²) in [5.41, 5.74) is 2.77. The zero-order valence-corrected chi connectivity index (χ0v) is 15.8. The van der Waals surface area contributed by atoms with Gasteiger partial charge < -0.3 is 9.47 Å². The fourth-order valence-electron chi connectivity index (χ4n) is 3.00. The molecule has 4 rings (SSSR count). The largest absolute Gasteiger partial charge is 0.342 e. The first-order valence-electron chi connectivity index (χ1n) is 8.58. The fraction of sp³-hybridized carbons (Fsp3) is 0.333. The topological polar surface area (TPSA) is 68.3 Å². The highest BCUT2D eigenvalue weighted by Crippen LogP contribution is 2.23. The lowest BCUT2D eigenvalue weighted by Gasteiger charge is -2.14. The molecule has 0 spiro atoms. The van der Waals surface area contributed by atoms with E-state index in [9.17, 15) is 4.79 Å². The molecular formula is C18H20N6OS. The van der Waals surface area contributed by atoms with Crippen molar-refractivity contribution < 1.29 is 0 Å². The van der Waals surface area contributed by atoms with Gasteiger partial charge in [0.25, 0.3) is 5.56 Å². The maximum atomic E-state index is 12.3. The lowest BCUT2D eigenvalue weighted by Crippen LogP contribution is -2.20. The zero-order chi connectivity index (χ0) is 18.3. The normalized spacial score (nSPS) is 11.5. The van der Waals surface area contributed by atoms with Crippen LogP contribution in [0.2, 0.25) is 0 Å². The van der Waals surface area contributed by atoms with Gasteiger partial charge in [-0.2, -0.15) is 4.52 Å². The summed E-state index contributed by atoms with van der Waals surface area (Å²) in [6.07, 6.45) is 1.76. The molecular weight excluding hydrogens is 348 g/mol. The van der Waals surface area contributed by atoms with Crippen molar-refractivity contribution in [2.24, 2.45) is 7.05 Å². The molecule has 0 radical (unpaired) electrons. The Morgan fingerprint density at radius 2 is 2.04 bits per heavy atom. The predicted molar refractivity (Wildman–Crippen MR) is 104 cm³/mol. The van der Waals surface area contributed by atoms with Crippen LogP contribution in [0.25, 0.3) is 16.0 Å². The van der Waals surface area contributed by atoms with Crippen molar-refractivity contribution >= 4 is 32.5 Å². The number of rotatable bonds is 5. The van der Waals surface area contributed by atoms with Crippen LogP contribution in [0.4, 0.5) is 5.13 Å². The van der Waals surface area contributed by atoms with Crippen molar-refractivity contribution in [2.45, 2.75) is 26.3 Å². The Morgan fingerprint density at radius 3 is 2.81 bits per heavy atom. The molecule has 0 amide bonds. The van der Waals surface area contributed by atoms with E-state index in [1.807, 2.05) is 37.2 Å². The van der Waals surface area contributed by atoms with E-state index in [2.05, 4.69) is 27.6 Å². The molecule has 26 heavy (non-hydrogen) atoms. The zero-order valence-electron chi connectivity index (χ0n) is 15.0. The van der Waals surface area contributed by atoms with Gasteiger partial charge in [0.1, 0.15) is 5.82 Å². The number of fused-ring (bicyclic) bond motifs is 2. The standard InChI is InChI=1S/C18H20N6OS/c1-4-7-12-10-16(25)24-17(19-12)26-18(21-24)22(2)11-15-20-13-8-5-6-9-14(13)23(15)3/h5-6,8-10H,4,7,11H2,1-3H3. The summed E-state index contributed by atoms with van der Waals surface area (Å²) in [5.74, 6) is 0.944. The second-order valence-electron chi connectivity index (χ2n) is 6.35. The van der Waals surface area contributed by atoms with Gasteiger partial charge in [0.05, 0.1) is 17.6 Å². The van der Waals surface area contributed by atoms with E-state index < -0.39 is 0 Å². The second-order valence-corrected chi connectivity index (χ2v) is 7.28. The third-order valence-corrected chi connectivity index (χ3v) is 5.40. The number of imidazole rings is 1. The van der Waals surface area contributed by atoms with Crippen LogP contribution in [0, 0.1) is 0 Å². The fourth-order valence-corrected chi connectivity index (χ4v) is 3.89. The molecule has 1 aromatic carbocycles. The maximum Gasteiger partial charge on any atom is 0.275 e. The maximum absolute atomic E-state index is 12.3. The molecule has 0 saturated carbocycles. The Balaban J connectivity index is 1.67. The average Bonchev–Trinajstić information content (AvgIpc) is 3.18. The quantitative estimate of drug-likeness (QED) is 0.542. The average molecular weight is 368 g/mol. The first kappa shape index (κ1) is 16.7. The molecule has 3 heterocycles. The predicted octanol–water partition coefficient (Wildman–Crippen LogP) is 2.63. The highest BCUT2D eigenvalue weighted by molar-refractivity contribution is 7.20. The first-order chi connectivity index (χ1) is 12.6. The number of para-hydroxylation sites is 2. The molecule has 0 unspecified atom stereocenters. The summed E-state index contributed by atoms with van der Waals surface area (Å²) in [7, 11) is 3.97. The summed E-state index contributed by atoms with van der Waals surface area (Å²) in [5, 5.41) is 5.19. The Labute approximate surface area is 154 Å². The summed E-state index contributed by atoms with van der Waals surface area (Å²) in [6, 6.07) is 9.64. The Hall–Kier alpha value is -2.74. The van der Waals surface area contributed by atoms with Crippen molar-refractivity contribution in [2.75, 3.05) is 11.9 Å². The molecule has 0 bridgehead atoms. The molecule has 3 aromatic heterocycles. The van der Waals surface area contributed by atoms with Crippen molar-refractivity contribution in [3.8, 4) is 0 Å². The van der Waals surface area contributed by atoms with Gasteiger partial charge in [-0.25, -0.2) is 9.97 Å². The molecule has 134 valence electrons. The van der Waals surface area contributed by atoms with E-state index >= 15 is 0 Å². The van der Waals surface area contributed by atoms with E-state index in [1.165, 1.54) is 15.9 Å². The smallest absolute Gasteiger partial charge is 0.275 e. The van der Waals surface area contributed by atoms with Crippen LogP contribution < -0.4 is 10.5 Å². The van der Waals surface area contributed by atoms with Crippen molar-refractivity contribution in [3.63, 3.8) is 0 Å². The molecule has 0 aliphatic rings. The van der Waals surface area contributed by atoms with Crippen molar-refractivity contribution in [1.82, 2.24) is 24.1 Å². The lowest BCUT2D eigenvalue weighted by atomic mass is 10.2. The van der Waals surface area contributed by atoms with E-state index in [0.717, 1.165) is 40.5 Å². The van der Waals surface area contributed by atoms with Crippen molar-refractivity contribution in [1.29, 1.82) is 0 Å². The number of hydrogen-bond acceptors (Lipinski definition) is 6.